The predicted octanol–water partition coefficient (Wildman–Crippen LogP) is 23.4. The summed E-state index contributed by atoms with van der Waals surface area (Å²) in [6.07, 6.45) is 3.74. The van der Waals surface area contributed by atoms with Gasteiger partial charge in [0.15, 0.2) is 23.0 Å². The number of aromatic nitrogens is 2. The van der Waals surface area contributed by atoms with Crippen molar-refractivity contribution < 1.29 is 9.47 Å². The molecule has 16 aromatic rings. The number of halogens is 1. The molecule has 0 unspecified atom stereocenters. The Labute approximate surface area is 599 Å². The quantitative estimate of drug-likeness (QED) is 0.124. The first-order chi connectivity index (χ1) is 50.6. The van der Waals surface area contributed by atoms with Crippen molar-refractivity contribution in [1.29, 1.82) is 0 Å². The number of benzene rings is 14. The lowest BCUT2D eigenvalue weighted by molar-refractivity contribution is 0.478. The van der Waals surface area contributed by atoms with Crippen LogP contribution in [0.4, 0.5) is 102 Å². The zero-order valence-corrected chi connectivity index (χ0v) is 56.6. The minimum Gasteiger partial charge on any atom is -0.451 e. The van der Waals surface area contributed by atoms with Crippen LogP contribution in [0.2, 0.25) is 0 Å². The number of fused-ring (bicyclic) bond motifs is 11. The van der Waals surface area contributed by atoms with Crippen LogP contribution in [0.3, 0.4) is 0 Å². The van der Waals surface area contributed by atoms with Gasteiger partial charge < -0.3 is 38.9 Å². The molecule has 0 fully saturated rings. The van der Waals surface area contributed by atoms with Crippen molar-refractivity contribution in [2.45, 2.75) is 0 Å². The first kappa shape index (κ1) is 60.1. The largest absolute Gasteiger partial charge is 0.451 e. The van der Waals surface area contributed by atoms with Gasteiger partial charge in [0.2, 0.25) is 0 Å². The highest BCUT2D eigenvalue weighted by atomic mass is 79.9. The van der Waals surface area contributed by atoms with E-state index >= 15 is 0 Å². The summed E-state index contributed by atoms with van der Waals surface area (Å²) in [4.78, 5) is 23.9. The van der Waals surface area contributed by atoms with Gasteiger partial charge in [-0.2, -0.15) is 0 Å². The molecular weight excluding hydrogens is 1320 g/mol. The fraction of sp³-hybridized carbons (Fsp3) is 0. The van der Waals surface area contributed by atoms with E-state index in [9.17, 15) is 0 Å². The second-order valence-electron chi connectivity index (χ2n) is 25.3. The van der Waals surface area contributed by atoms with Crippen LogP contribution in [0, 0.1) is 0 Å². The van der Waals surface area contributed by atoms with Crippen molar-refractivity contribution in [3.05, 3.63) is 369 Å². The molecule has 12 heteroatoms. The fourth-order valence-corrected chi connectivity index (χ4v) is 15.9. The Balaban J connectivity index is 0.000000141. The number of hydrogen-bond donors (Lipinski definition) is 0. The molecule has 0 spiro atoms. The molecule has 0 amide bonds. The predicted molar refractivity (Wildman–Crippen MR) is 424 cm³/mol. The van der Waals surface area contributed by atoms with E-state index in [1.54, 1.807) is 0 Å². The highest BCUT2D eigenvalue weighted by Gasteiger charge is 2.47. The molecule has 4 aliphatic rings. The van der Waals surface area contributed by atoms with Gasteiger partial charge in [-0.3, -0.25) is 9.97 Å². The maximum atomic E-state index is 7.19. The molecule has 20 rings (SSSR count). The Morgan fingerprint density at radius 1 is 0.304 bits per heavy atom. The maximum Gasteiger partial charge on any atom is 0.252 e. The number of ether oxygens (including phenoxy) is 2. The van der Waals surface area contributed by atoms with Gasteiger partial charge in [0, 0.05) is 74.4 Å². The van der Waals surface area contributed by atoms with E-state index in [0.29, 0.717) is 5.75 Å². The average molecular weight is 1380 g/mol. The zero-order chi connectivity index (χ0) is 67.6. The van der Waals surface area contributed by atoms with Crippen molar-refractivity contribution in [3.8, 4) is 23.0 Å². The molecule has 4 aliphatic heterocycles. The Morgan fingerprint density at radius 2 is 0.686 bits per heavy atom. The monoisotopic (exact) mass is 1370 g/mol. The third kappa shape index (κ3) is 10.0. The Hall–Kier alpha value is -13.2. The molecule has 482 valence electrons. The molecule has 2 aromatic heterocycles. The van der Waals surface area contributed by atoms with E-state index in [2.05, 4.69) is 343 Å². The summed E-state index contributed by atoms with van der Waals surface area (Å²) in [6.45, 7) is -0.0129. The summed E-state index contributed by atoms with van der Waals surface area (Å²) in [6, 6.07) is 123. The van der Waals surface area contributed by atoms with Crippen molar-refractivity contribution in [2.24, 2.45) is 0 Å². The van der Waals surface area contributed by atoms with E-state index in [0.717, 1.165) is 140 Å². The molecule has 14 aromatic carbocycles. The topological polar surface area (TPSA) is 63.7 Å². The molecule has 0 radical (unpaired) electrons. The SMILES string of the molecule is Brc1c(N(c2ccccc2)c2ccccc2)cc2c(c1N(c1ccccc1)c1ccccc1)Oc1ccccc1N2c1cccc2cccnc12.c1ccc(N2c3ccccc3B3c4ccccc4N(c4ccccc4)c4c5c(cc2c43)N(c2cccc3cccnc23)c2ccccc2O5)cc1. The lowest BCUT2D eigenvalue weighted by Crippen LogP contribution is -2.61. The van der Waals surface area contributed by atoms with Crippen LogP contribution in [0.15, 0.2) is 369 Å². The molecular formula is C90H60BBrN8O2. The summed E-state index contributed by atoms with van der Waals surface area (Å²) >= 11 is 4.21. The zero-order valence-electron chi connectivity index (χ0n) is 55.0. The van der Waals surface area contributed by atoms with Gasteiger partial charge in [-0.15, -0.1) is 0 Å². The van der Waals surface area contributed by atoms with Gasteiger partial charge in [0.25, 0.3) is 6.71 Å². The maximum absolute atomic E-state index is 7.19. The molecule has 0 saturated heterocycles. The highest BCUT2D eigenvalue weighted by molar-refractivity contribution is 9.10. The van der Waals surface area contributed by atoms with Gasteiger partial charge in [-0.1, -0.05) is 206 Å². The third-order valence-corrected chi connectivity index (χ3v) is 20.3. The number of hydrogen-bond acceptors (Lipinski definition) is 10. The standard InChI is InChI=1S/C45H29BN4O.C45H31BrN4O/c1-3-17-31(18-4-1)48-35-23-9-7-21-33(35)46-34-22-8-10-24-36(34)49(32-19-5-2-6-20-32)44-42(46)39(48)29-40-45(44)51-41-27-12-11-25-37(41)50(40)38-26-13-15-30-16-14-28-47-43(30)38;46-42-39(48(33-19-5-1-6-20-33)34-21-7-2-8-22-34)31-40-45(44(42)49(35-23-9-3-10-24-35)36-25-11-4-12-26-36)51-41-29-14-13-27-37(41)50(40)38-28-15-17-32-18-16-30-47-43(32)38/h1-29H;1-31H. The Kier molecular flexibility index (Phi) is 14.9. The molecule has 0 saturated carbocycles. The molecule has 6 heterocycles. The van der Waals surface area contributed by atoms with Crippen LogP contribution in [0.5, 0.6) is 23.0 Å². The van der Waals surface area contributed by atoms with Crippen molar-refractivity contribution in [1.82, 2.24) is 9.97 Å². The molecule has 102 heavy (non-hydrogen) atoms. The minimum atomic E-state index is -0.0129. The van der Waals surface area contributed by atoms with Crippen molar-refractivity contribution in [3.63, 3.8) is 0 Å². The summed E-state index contributed by atoms with van der Waals surface area (Å²) in [7, 11) is 0. The van der Waals surface area contributed by atoms with Crippen LogP contribution in [-0.2, 0) is 0 Å². The number of rotatable bonds is 10. The fourth-order valence-electron chi connectivity index (χ4n) is 15.3. The number of anilines is 18. The lowest BCUT2D eigenvalue weighted by atomic mass is 9.33. The van der Waals surface area contributed by atoms with E-state index in [-0.39, 0.29) is 6.71 Å². The number of pyridine rings is 2. The molecule has 0 N–H and O–H groups in total. The third-order valence-electron chi connectivity index (χ3n) is 19.5. The Bertz CT molecular complexity index is 5670. The number of para-hydroxylation sites is 14. The van der Waals surface area contributed by atoms with Gasteiger partial charge in [-0.25, -0.2) is 0 Å². The van der Waals surface area contributed by atoms with E-state index in [4.69, 9.17) is 19.4 Å². The summed E-state index contributed by atoms with van der Waals surface area (Å²) in [5, 5.41) is 2.14. The smallest absolute Gasteiger partial charge is 0.252 e. The Morgan fingerprint density at radius 3 is 1.19 bits per heavy atom. The summed E-state index contributed by atoms with van der Waals surface area (Å²) in [5.74, 6) is 3.08. The van der Waals surface area contributed by atoms with E-state index in [1.165, 1.54) is 22.1 Å². The van der Waals surface area contributed by atoms with E-state index < -0.39 is 0 Å². The second-order valence-corrected chi connectivity index (χ2v) is 26.1. The van der Waals surface area contributed by atoms with Crippen LogP contribution in [0.1, 0.15) is 0 Å². The van der Waals surface area contributed by atoms with Gasteiger partial charge in [-0.05, 0) is 178 Å². The van der Waals surface area contributed by atoms with Gasteiger partial charge in [0.05, 0.1) is 61.0 Å². The molecule has 0 atom stereocenters. The first-order valence-electron chi connectivity index (χ1n) is 34.2. The second kappa shape index (κ2) is 25.3. The molecule has 0 bridgehead atoms. The van der Waals surface area contributed by atoms with Crippen LogP contribution in [-0.4, -0.2) is 16.7 Å². The van der Waals surface area contributed by atoms with Crippen molar-refractivity contribution >= 4 is 163 Å². The molecule has 10 nitrogen and oxygen atoms in total. The first-order valence-corrected chi connectivity index (χ1v) is 35.0. The summed E-state index contributed by atoms with van der Waals surface area (Å²) < 4.78 is 15.1. The highest BCUT2D eigenvalue weighted by Crippen LogP contribution is 2.63. The molecule has 0 aliphatic carbocycles. The summed E-state index contributed by atoms with van der Waals surface area (Å²) in [5.41, 5.74) is 23.8. The van der Waals surface area contributed by atoms with Crippen LogP contribution >= 0.6 is 15.9 Å². The van der Waals surface area contributed by atoms with Crippen molar-refractivity contribution in [2.75, 3.05) is 29.4 Å². The normalized spacial score (nSPS) is 12.6. The van der Waals surface area contributed by atoms with Crippen LogP contribution < -0.4 is 55.3 Å². The lowest BCUT2D eigenvalue weighted by Gasteiger charge is -2.46. The van der Waals surface area contributed by atoms with Gasteiger partial charge in [0.1, 0.15) is 5.69 Å². The number of nitrogens with zero attached hydrogens (tertiary/aromatic N) is 8. The average Bonchev–Trinajstić information content (AvgIpc) is 0.696. The minimum absolute atomic E-state index is 0.0129. The van der Waals surface area contributed by atoms with Gasteiger partial charge >= 0.3 is 0 Å². The van der Waals surface area contributed by atoms with Crippen LogP contribution in [0.25, 0.3) is 21.8 Å². The van der Waals surface area contributed by atoms with E-state index in [1.807, 2.05) is 67.0 Å².